The molecular weight excluding hydrogens is 238 g/mol. The largest absolute Gasteiger partial charge is 0.483 e. The van der Waals surface area contributed by atoms with Crippen molar-refractivity contribution in [2.45, 2.75) is 12.5 Å². The van der Waals surface area contributed by atoms with Gasteiger partial charge in [0.15, 0.2) is 6.10 Å². The van der Waals surface area contributed by atoms with Gasteiger partial charge in [-0.15, -0.1) is 11.3 Å². The molecule has 17 heavy (non-hydrogen) atoms. The van der Waals surface area contributed by atoms with Gasteiger partial charge in [0.05, 0.1) is 6.20 Å². The van der Waals surface area contributed by atoms with Crippen LogP contribution in [0.15, 0.2) is 30.5 Å². The highest BCUT2D eigenvalue weighted by Crippen LogP contribution is 2.37. The predicted molar refractivity (Wildman–Crippen MR) is 62.6 cm³/mol. The molecule has 86 valence electrons. The molecule has 0 spiro atoms. The van der Waals surface area contributed by atoms with Crippen molar-refractivity contribution in [2.75, 3.05) is 0 Å². The zero-order valence-corrected chi connectivity index (χ0v) is 9.61. The molecule has 0 aliphatic carbocycles. The van der Waals surface area contributed by atoms with Crippen LogP contribution in [0.4, 0.5) is 0 Å². The zero-order valence-electron chi connectivity index (χ0n) is 8.79. The summed E-state index contributed by atoms with van der Waals surface area (Å²) in [6, 6.07) is 7.82. The van der Waals surface area contributed by atoms with E-state index in [0.29, 0.717) is 0 Å². The minimum absolute atomic E-state index is 0.148. The van der Waals surface area contributed by atoms with E-state index in [1.54, 1.807) is 0 Å². The van der Waals surface area contributed by atoms with E-state index in [9.17, 15) is 4.79 Å². The Hall–Kier alpha value is -1.88. The number of aromatic nitrogens is 1. The van der Waals surface area contributed by atoms with Crippen LogP contribution in [0.5, 0.6) is 5.75 Å². The van der Waals surface area contributed by atoms with Gasteiger partial charge in [-0.3, -0.25) is 0 Å². The van der Waals surface area contributed by atoms with Crippen molar-refractivity contribution in [3.05, 3.63) is 45.9 Å². The third kappa shape index (κ3) is 1.78. The van der Waals surface area contributed by atoms with Crippen LogP contribution >= 0.6 is 11.3 Å². The number of rotatable bonds is 2. The first-order chi connectivity index (χ1) is 8.24. The second-order valence-corrected chi connectivity index (χ2v) is 4.85. The zero-order chi connectivity index (χ0) is 11.8. The number of ether oxygens (including phenoxy) is 1. The SMILES string of the molecule is O=C(O)c1cnc(C2Cc3ccccc3O2)s1. The van der Waals surface area contributed by atoms with Crippen molar-refractivity contribution in [1.82, 2.24) is 4.98 Å². The van der Waals surface area contributed by atoms with Crippen molar-refractivity contribution in [1.29, 1.82) is 0 Å². The third-order valence-corrected chi connectivity index (χ3v) is 3.73. The van der Waals surface area contributed by atoms with Crippen molar-refractivity contribution in [3.8, 4) is 5.75 Å². The summed E-state index contributed by atoms with van der Waals surface area (Å²) in [4.78, 5) is 15.1. The Morgan fingerprint density at radius 1 is 1.47 bits per heavy atom. The van der Waals surface area contributed by atoms with Crippen molar-refractivity contribution in [3.63, 3.8) is 0 Å². The number of fused-ring (bicyclic) bond motifs is 1. The minimum atomic E-state index is -0.940. The molecule has 3 rings (SSSR count). The van der Waals surface area contributed by atoms with Crippen molar-refractivity contribution >= 4 is 17.3 Å². The lowest BCUT2D eigenvalue weighted by Crippen LogP contribution is -2.01. The monoisotopic (exact) mass is 247 g/mol. The van der Waals surface area contributed by atoms with Gasteiger partial charge < -0.3 is 9.84 Å². The number of hydrogen-bond acceptors (Lipinski definition) is 4. The molecule has 2 heterocycles. The van der Waals surface area contributed by atoms with Crippen LogP contribution in [-0.2, 0) is 6.42 Å². The van der Waals surface area contributed by atoms with E-state index >= 15 is 0 Å². The summed E-state index contributed by atoms with van der Waals surface area (Å²) in [6.45, 7) is 0. The van der Waals surface area contributed by atoms with Crippen LogP contribution in [0.25, 0.3) is 0 Å². The van der Waals surface area contributed by atoms with E-state index in [1.165, 1.54) is 17.5 Å². The first-order valence-corrected chi connectivity index (χ1v) is 5.99. The van der Waals surface area contributed by atoms with Crippen molar-refractivity contribution < 1.29 is 14.6 Å². The fraction of sp³-hybridized carbons (Fsp3) is 0.167. The molecule has 1 aliphatic heterocycles. The Bertz CT molecular complexity index is 554. The Labute approximate surface area is 102 Å². The van der Waals surface area contributed by atoms with Gasteiger partial charge in [-0.2, -0.15) is 0 Å². The molecule has 0 saturated heterocycles. The van der Waals surface area contributed by atoms with E-state index in [4.69, 9.17) is 9.84 Å². The predicted octanol–water partition coefficient (Wildman–Crippen LogP) is 2.52. The highest BCUT2D eigenvalue weighted by molar-refractivity contribution is 7.13. The van der Waals surface area contributed by atoms with Crippen LogP contribution in [0.2, 0.25) is 0 Å². The number of hydrogen-bond donors (Lipinski definition) is 1. The number of thiazole rings is 1. The minimum Gasteiger partial charge on any atom is -0.483 e. The van der Waals surface area contributed by atoms with Gasteiger partial charge in [0, 0.05) is 6.42 Å². The van der Waals surface area contributed by atoms with Gasteiger partial charge in [0.25, 0.3) is 0 Å². The number of carbonyl (C=O) groups is 1. The van der Waals surface area contributed by atoms with E-state index in [2.05, 4.69) is 4.98 Å². The Balaban J connectivity index is 1.86. The lowest BCUT2D eigenvalue weighted by molar-refractivity contribution is 0.0702. The first-order valence-electron chi connectivity index (χ1n) is 5.17. The maximum absolute atomic E-state index is 10.8. The van der Waals surface area contributed by atoms with Crippen LogP contribution in [0, 0.1) is 0 Å². The van der Waals surface area contributed by atoms with Crippen molar-refractivity contribution in [2.24, 2.45) is 0 Å². The maximum Gasteiger partial charge on any atom is 0.347 e. The number of benzene rings is 1. The normalized spacial score (nSPS) is 17.5. The molecule has 2 aromatic rings. The molecule has 0 radical (unpaired) electrons. The first kappa shape index (κ1) is 10.3. The second kappa shape index (κ2) is 3.85. The van der Waals surface area contributed by atoms with E-state index in [1.807, 2.05) is 24.3 Å². The molecule has 1 aromatic carbocycles. The molecule has 0 saturated carbocycles. The summed E-state index contributed by atoms with van der Waals surface area (Å²) >= 11 is 1.17. The molecule has 0 amide bonds. The van der Waals surface area contributed by atoms with Gasteiger partial charge in [-0.25, -0.2) is 9.78 Å². The van der Waals surface area contributed by atoms with Gasteiger partial charge >= 0.3 is 5.97 Å². The van der Waals surface area contributed by atoms with Crippen LogP contribution < -0.4 is 4.74 Å². The molecule has 5 heteroatoms. The summed E-state index contributed by atoms with van der Waals surface area (Å²) in [7, 11) is 0. The Morgan fingerprint density at radius 2 is 2.29 bits per heavy atom. The summed E-state index contributed by atoms with van der Waals surface area (Å²) in [5.74, 6) is -0.0752. The Kier molecular flexibility index (Phi) is 2.33. The summed E-state index contributed by atoms with van der Waals surface area (Å²) < 4.78 is 5.74. The van der Waals surface area contributed by atoms with E-state index in [-0.39, 0.29) is 11.0 Å². The lowest BCUT2D eigenvalue weighted by atomic mass is 10.1. The smallest absolute Gasteiger partial charge is 0.347 e. The molecule has 1 unspecified atom stereocenters. The standard InChI is InChI=1S/C12H9NO3S/c14-12(15)10-6-13-11(17-10)9-5-7-3-1-2-4-8(7)16-9/h1-4,6,9H,5H2,(H,14,15). The van der Waals surface area contributed by atoms with Gasteiger partial charge in [-0.05, 0) is 11.6 Å². The van der Waals surface area contributed by atoms with E-state index < -0.39 is 5.97 Å². The van der Waals surface area contributed by atoms with E-state index in [0.717, 1.165) is 22.7 Å². The second-order valence-electron chi connectivity index (χ2n) is 3.79. The highest BCUT2D eigenvalue weighted by Gasteiger charge is 2.27. The summed E-state index contributed by atoms with van der Waals surface area (Å²) in [5, 5.41) is 9.57. The van der Waals surface area contributed by atoms with Gasteiger partial charge in [-0.1, -0.05) is 18.2 Å². The molecule has 0 bridgehead atoms. The number of nitrogens with zero attached hydrogens (tertiary/aromatic N) is 1. The number of aromatic carboxylic acids is 1. The Morgan fingerprint density at radius 3 is 3.00 bits per heavy atom. The molecule has 1 N–H and O–H groups in total. The average molecular weight is 247 g/mol. The highest BCUT2D eigenvalue weighted by atomic mass is 32.1. The molecule has 0 fully saturated rings. The number of para-hydroxylation sites is 1. The maximum atomic E-state index is 10.8. The number of carboxylic acids is 1. The fourth-order valence-electron chi connectivity index (χ4n) is 1.86. The molecule has 1 aliphatic rings. The third-order valence-electron chi connectivity index (χ3n) is 2.66. The van der Waals surface area contributed by atoms with Crippen LogP contribution in [-0.4, -0.2) is 16.1 Å². The van der Waals surface area contributed by atoms with Gasteiger partial charge in [0.1, 0.15) is 15.6 Å². The van der Waals surface area contributed by atoms with Crippen LogP contribution in [0.1, 0.15) is 26.3 Å². The molecule has 1 atom stereocenters. The summed E-state index contributed by atoms with van der Waals surface area (Å²) in [5.41, 5.74) is 1.14. The fourth-order valence-corrected chi connectivity index (χ4v) is 2.64. The summed E-state index contributed by atoms with van der Waals surface area (Å²) in [6.07, 6.45) is 1.99. The molecule has 4 nitrogen and oxygen atoms in total. The topological polar surface area (TPSA) is 59.4 Å². The lowest BCUT2D eigenvalue weighted by Gasteiger charge is -2.05. The average Bonchev–Trinajstić information content (AvgIpc) is 2.95. The quantitative estimate of drug-likeness (QED) is 0.885. The molecular formula is C12H9NO3S. The van der Waals surface area contributed by atoms with Gasteiger partial charge in [0.2, 0.25) is 0 Å². The number of carboxylic acid groups (broad SMARTS) is 1. The molecule has 1 aromatic heterocycles. The van der Waals surface area contributed by atoms with Crippen LogP contribution in [0.3, 0.4) is 0 Å².